The number of piperazine rings is 1. The second-order valence-electron chi connectivity index (χ2n) is 8.65. The van der Waals surface area contributed by atoms with Crippen LogP contribution in [0.3, 0.4) is 0 Å². The van der Waals surface area contributed by atoms with Gasteiger partial charge in [-0.3, -0.25) is 9.69 Å². The molecule has 1 aromatic heterocycles. The summed E-state index contributed by atoms with van der Waals surface area (Å²) >= 11 is 1.22. The number of amides is 1. The van der Waals surface area contributed by atoms with E-state index in [0.29, 0.717) is 29.8 Å². The van der Waals surface area contributed by atoms with Crippen LogP contribution >= 0.6 is 11.3 Å². The lowest BCUT2D eigenvalue weighted by Crippen LogP contribution is -2.50. The number of rotatable bonds is 7. The zero-order chi connectivity index (χ0) is 22.6. The number of benzene rings is 1. The van der Waals surface area contributed by atoms with Crippen LogP contribution in [0.1, 0.15) is 24.4 Å². The first-order valence-electron chi connectivity index (χ1n) is 11.2. The van der Waals surface area contributed by atoms with Crippen molar-refractivity contribution in [2.75, 3.05) is 52.9 Å². The summed E-state index contributed by atoms with van der Waals surface area (Å²) in [5, 5.41) is 4.84. The van der Waals surface area contributed by atoms with E-state index >= 15 is 0 Å². The molecule has 0 spiro atoms. The Labute approximate surface area is 195 Å². The largest absolute Gasteiger partial charge is 0.355 e. The summed E-state index contributed by atoms with van der Waals surface area (Å²) in [7, 11) is -1.36. The second kappa shape index (κ2) is 10.4. The third kappa shape index (κ3) is 5.40. The van der Waals surface area contributed by atoms with Crippen LogP contribution in [0.25, 0.3) is 0 Å². The van der Waals surface area contributed by atoms with E-state index in [0.717, 1.165) is 32.6 Å². The number of hydrogen-bond acceptors (Lipinski definition) is 6. The molecular weight excluding hydrogens is 444 g/mol. The van der Waals surface area contributed by atoms with Gasteiger partial charge in [-0.15, -0.1) is 11.3 Å². The summed E-state index contributed by atoms with van der Waals surface area (Å²) in [5.41, 5.74) is 1.30. The Hall–Kier alpha value is -1.78. The molecule has 9 heteroatoms. The normalized spacial score (nSPS) is 23.8. The van der Waals surface area contributed by atoms with Gasteiger partial charge in [0, 0.05) is 51.9 Å². The highest BCUT2D eigenvalue weighted by Gasteiger charge is 2.34. The third-order valence-corrected chi connectivity index (χ3v) is 9.66. The molecule has 174 valence electrons. The van der Waals surface area contributed by atoms with E-state index in [1.54, 1.807) is 17.5 Å². The van der Waals surface area contributed by atoms with Gasteiger partial charge in [0.05, 0.1) is 5.92 Å². The van der Waals surface area contributed by atoms with E-state index in [9.17, 15) is 13.2 Å². The molecule has 1 aromatic carbocycles. The van der Waals surface area contributed by atoms with Crippen molar-refractivity contribution < 1.29 is 13.2 Å². The Morgan fingerprint density at radius 3 is 2.66 bits per heavy atom. The van der Waals surface area contributed by atoms with E-state index in [1.165, 1.54) is 21.2 Å². The van der Waals surface area contributed by atoms with Gasteiger partial charge in [-0.05, 0) is 36.9 Å². The Balaban J connectivity index is 1.31. The topological polar surface area (TPSA) is 73.0 Å². The maximum absolute atomic E-state index is 12.8. The average molecular weight is 477 g/mol. The van der Waals surface area contributed by atoms with Gasteiger partial charge in [0.2, 0.25) is 5.91 Å². The van der Waals surface area contributed by atoms with Gasteiger partial charge in [0.25, 0.3) is 10.0 Å². The van der Waals surface area contributed by atoms with Gasteiger partial charge in [-0.25, -0.2) is 8.42 Å². The number of carbonyl (C=O) groups excluding carboxylic acids is 1. The first-order valence-corrected chi connectivity index (χ1v) is 13.6. The van der Waals surface area contributed by atoms with Crippen molar-refractivity contribution in [3.63, 3.8) is 0 Å². The minimum Gasteiger partial charge on any atom is -0.355 e. The number of thiophene rings is 1. The minimum absolute atomic E-state index is 0.0403. The van der Waals surface area contributed by atoms with Gasteiger partial charge in [0.15, 0.2) is 0 Å². The van der Waals surface area contributed by atoms with E-state index in [1.807, 2.05) is 6.07 Å². The molecule has 2 aliphatic rings. The summed E-state index contributed by atoms with van der Waals surface area (Å²) < 4.78 is 27.5. The number of carbonyl (C=O) groups is 1. The molecule has 0 radical (unpaired) electrons. The molecule has 7 nitrogen and oxygen atoms in total. The lowest BCUT2D eigenvalue weighted by atomic mass is 9.99. The van der Waals surface area contributed by atoms with Gasteiger partial charge in [-0.1, -0.05) is 36.4 Å². The molecule has 32 heavy (non-hydrogen) atoms. The highest BCUT2D eigenvalue weighted by atomic mass is 32.2. The molecule has 4 rings (SSSR count). The molecule has 3 heterocycles. The Kier molecular flexibility index (Phi) is 7.63. The SMILES string of the molecule is CN1CCN(CCNC(=O)[C@H]2CCCN(S(=O)(=O)c3cccs3)C2)[C@@H](c2ccccc2)C1. The van der Waals surface area contributed by atoms with Crippen LogP contribution in [-0.4, -0.2) is 81.3 Å². The van der Waals surface area contributed by atoms with Crippen LogP contribution in [0.5, 0.6) is 0 Å². The number of likely N-dealkylation sites (N-methyl/N-ethyl adjacent to an activating group) is 1. The zero-order valence-electron chi connectivity index (χ0n) is 18.5. The maximum Gasteiger partial charge on any atom is 0.252 e. The summed E-state index contributed by atoms with van der Waals surface area (Å²) in [4.78, 5) is 17.6. The number of hydrogen-bond donors (Lipinski definition) is 1. The predicted molar refractivity (Wildman–Crippen MR) is 127 cm³/mol. The zero-order valence-corrected chi connectivity index (χ0v) is 20.2. The number of nitrogens with one attached hydrogen (secondary N) is 1. The van der Waals surface area contributed by atoms with Crippen molar-refractivity contribution in [3.05, 3.63) is 53.4 Å². The van der Waals surface area contributed by atoms with Crippen LogP contribution in [0, 0.1) is 5.92 Å². The van der Waals surface area contributed by atoms with Crippen molar-refractivity contribution in [1.29, 1.82) is 0 Å². The minimum atomic E-state index is -3.51. The fraction of sp³-hybridized carbons (Fsp3) is 0.522. The van der Waals surface area contributed by atoms with Gasteiger partial charge < -0.3 is 10.2 Å². The quantitative estimate of drug-likeness (QED) is 0.664. The molecule has 1 N–H and O–H groups in total. The van der Waals surface area contributed by atoms with Crippen LogP contribution in [0.4, 0.5) is 0 Å². The number of piperidine rings is 1. The maximum atomic E-state index is 12.8. The lowest BCUT2D eigenvalue weighted by molar-refractivity contribution is -0.126. The van der Waals surface area contributed by atoms with Crippen molar-refractivity contribution in [1.82, 2.24) is 19.4 Å². The smallest absolute Gasteiger partial charge is 0.252 e. The molecule has 2 aliphatic heterocycles. The Morgan fingerprint density at radius 2 is 1.91 bits per heavy atom. The molecule has 2 fully saturated rings. The van der Waals surface area contributed by atoms with E-state index in [-0.39, 0.29) is 18.4 Å². The average Bonchev–Trinajstić information content (AvgIpc) is 3.36. The van der Waals surface area contributed by atoms with E-state index < -0.39 is 10.0 Å². The predicted octanol–water partition coefficient (Wildman–Crippen LogP) is 2.25. The lowest BCUT2D eigenvalue weighted by Gasteiger charge is -2.40. The summed E-state index contributed by atoms with van der Waals surface area (Å²) in [6.45, 7) is 5.02. The molecular formula is C23H32N4O3S2. The number of nitrogens with zero attached hydrogens (tertiary/aromatic N) is 3. The van der Waals surface area contributed by atoms with E-state index in [4.69, 9.17) is 0 Å². The van der Waals surface area contributed by atoms with Crippen LogP contribution < -0.4 is 5.32 Å². The second-order valence-corrected chi connectivity index (χ2v) is 11.8. The van der Waals surface area contributed by atoms with E-state index in [2.05, 4.69) is 46.4 Å². The van der Waals surface area contributed by atoms with Crippen molar-refractivity contribution in [2.24, 2.45) is 5.92 Å². The van der Waals surface area contributed by atoms with Gasteiger partial charge in [-0.2, -0.15) is 4.31 Å². The first-order chi connectivity index (χ1) is 15.4. The monoisotopic (exact) mass is 476 g/mol. The molecule has 2 atom stereocenters. The summed E-state index contributed by atoms with van der Waals surface area (Å²) in [5.74, 6) is -0.336. The van der Waals surface area contributed by atoms with Crippen molar-refractivity contribution in [2.45, 2.75) is 23.1 Å². The highest BCUT2D eigenvalue weighted by Crippen LogP contribution is 2.27. The van der Waals surface area contributed by atoms with Crippen LogP contribution in [-0.2, 0) is 14.8 Å². The molecule has 0 saturated carbocycles. The summed E-state index contributed by atoms with van der Waals surface area (Å²) in [6.07, 6.45) is 1.43. The van der Waals surface area contributed by atoms with Crippen molar-refractivity contribution in [3.8, 4) is 0 Å². The molecule has 0 bridgehead atoms. The molecule has 0 aliphatic carbocycles. The Morgan fingerprint density at radius 1 is 1.09 bits per heavy atom. The molecule has 1 amide bonds. The van der Waals surface area contributed by atoms with Crippen LogP contribution in [0.2, 0.25) is 0 Å². The number of sulfonamides is 1. The fourth-order valence-electron chi connectivity index (χ4n) is 4.60. The third-order valence-electron chi connectivity index (χ3n) is 6.42. The standard InChI is InChI=1S/C23H32N4O3S2/c1-25-14-15-26(21(18-25)19-7-3-2-4-8-19)13-11-24-23(28)20-9-5-12-27(17-20)32(29,30)22-10-6-16-31-22/h2-4,6-8,10,16,20-21H,5,9,11-15,17-18H2,1H3,(H,24,28)/t20-,21+/m0/s1. The summed E-state index contributed by atoms with van der Waals surface area (Å²) in [6, 6.07) is 14.2. The molecule has 2 aromatic rings. The molecule has 2 saturated heterocycles. The Bertz CT molecular complexity index is 982. The van der Waals surface area contributed by atoms with Gasteiger partial charge in [0.1, 0.15) is 4.21 Å². The highest BCUT2D eigenvalue weighted by molar-refractivity contribution is 7.91. The fourth-order valence-corrected chi connectivity index (χ4v) is 7.26. The van der Waals surface area contributed by atoms with Gasteiger partial charge >= 0.3 is 0 Å². The van der Waals surface area contributed by atoms with Crippen molar-refractivity contribution >= 4 is 27.3 Å². The molecule has 0 unspecified atom stereocenters. The first kappa shape index (κ1) is 23.4. The van der Waals surface area contributed by atoms with Crippen LogP contribution in [0.15, 0.2) is 52.1 Å².